The lowest BCUT2D eigenvalue weighted by atomic mass is 9.90. The minimum atomic E-state index is -4.41. The Bertz CT molecular complexity index is 1110. The number of nitrogens with one attached hydrogen (secondary N) is 1. The van der Waals surface area contributed by atoms with Crippen molar-refractivity contribution in [1.82, 2.24) is 14.7 Å². The summed E-state index contributed by atoms with van der Waals surface area (Å²) in [6.07, 6.45) is 1.19. The molecule has 1 amide bonds. The summed E-state index contributed by atoms with van der Waals surface area (Å²) < 4.78 is 75.7. The lowest BCUT2D eigenvalue weighted by Gasteiger charge is -2.43. The number of hydroxylamine groups is 1. The lowest BCUT2D eigenvalue weighted by Crippen LogP contribution is -2.62. The first-order valence-corrected chi connectivity index (χ1v) is 15.6. The lowest BCUT2D eigenvalue weighted by molar-refractivity contribution is -0.202. The van der Waals surface area contributed by atoms with Crippen molar-refractivity contribution in [1.29, 1.82) is 0 Å². The van der Waals surface area contributed by atoms with E-state index in [4.69, 9.17) is 14.3 Å². The smallest absolute Gasteiger partial charge is 0.422 e. The number of halogens is 3. The largest absolute Gasteiger partial charge is 0.484 e. The van der Waals surface area contributed by atoms with Crippen LogP contribution < -0.4 is 10.2 Å². The number of piperidine rings is 2. The fourth-order valence-corrected chi connectivity index (χ4v) is 8.15. The molecule has 0 spiro atoms. The molecule has 5 rings (SSSR count). The fraction of sp³-hybridized carbons (Fsp3) is 0.741. The number of carbonyl (C=O) groups is 1. The van der Waals surface area contributed by atoms with Gasteiger partial charge in [-0.2, -0.15) is 13.2 Å². The molecule has 3 saturated heterocycles. The van der Waals surface area contributed by atoms with Crippen molar-refractivity contribution >= 4 is 15.9 Å². The van der Waals surface area contributed by atoms with E-state index in [1.807, 2.05) is 0 Å². The van der Waals surface area contributed by atoms with Gasteiger partial charge in [0.05, 0.1) is 0 Å². The average molecular weight is 590 g/mol. The first kappa shape index (κ1) is 29.6. The Balaban J connectivity index is 1.23. The number of sulfonamides is 1. The molecule has 1 N–H and O–H groups in total. The van der Waals surface area contributed by atoms with Gasteiger partial charge in [0, 0.05) is 45.2 Å². The van der Waals surface area contributed by atoms with Crippen LogP contribution in [-0.2, 0) is 24.4 Å². The molecule has 1 aliphatic carbocycles. The van der Waals surface area contributed by atoms with Crippen molar-refractivity contribution in [3.8, 4) is 5.75 Å². The van der Waals surface area contributed by atoms with Gasteiger partial charge in [-0.1, -0.05) is 12.1 Å². The van der Waals surface area contributed by atoms with Crippen molar-refractivity contribution in [3.63, 3.8) is 0 Å². The minimum absolute atomic E-state index is 0.0522. The first-order valence-electron chi connectivity index (χ1n) is 14.2. The Morgan fingerprint density at radius 2 is 1.68 bits per heavy atom. The van der Waals surface area contributed by atoms with Crippen molar-refractivity contribution in [2.24, 2.45) is 0 Å². The number of benzene rings is 1. The van der Waals surface area contributed by atoms with Crippen LogP contribution in [0.1, 0.15) is 69.3 Å². The number of hydrogen-bond acceptors (Lipinski definition) is 7. The highest BCUT2D eigenvalue weighted by Crippen LogP contribution is 2.40. The molecule has 9 nitrogen and oxygen atoms in total. The molecule has 1 aromatic carbocycles. The molecule has 1 atom stereocenters. The number of rotatable bonds is 9. The molecule has 3 aliphatic heterocycles. The van der Waals surface area contributed by atoms with E-state index in [0.29, 0.717) is 45.0 Å². The van der Waals surface area contributed by atoms with Crippen LogP contribution in [0, 0.1) is 0 Å². The minimum Gasteiger partial charge on any atom is -0.484 e. The average Bonchev–Trinajstić information content (AvgIpc) is 3.81. The number of likely N-dealkylation sites (tertiary alicyclic amines) is 1. The van der Waals surface area contributed by atoms with Gasteiger partial charge in [0.25, 0.3) is 5.91 Å². The molecule has 4 aliphatic rings. The van der Waals surface area contributed by atoms with E-state index in [1.165, 1.54) is 16.4 Å². The zero-order valence-electron chi connectivity index (χ0n) is 22.5. The number of amides is 1. The van der Waals surface area contributed by atoms with E-state index in [2.05, 4.69) is 10.4 Å². The molecule has 3 heterocycles. The summed E-state index contributed by atoms with van der Waals surface area (Å²) in [6, 6.07) is 6.96. The summed E-state index contributed by atoms with van der Waals surface area (Å²) in [4.78, 5) is 21.4. The molecule has 1 unspecified atom stereocenters. The second-order valence-electron chi connectivity index (χ2n) is 11.3. The number of carbonyl (C=O) groups excluding carboxylic acids is 1. The SMILES string of the molecule is O=C(NOC1CCCCO1)C1(S(=O)(=O)N2CCC(c3ccc(OCC(F)(F)F)cc3)CC2)CCN(C2CC2)CC1. The van der Waals surface area contributed by atoms with Gasteiger partial charge < -0.3 is 14.4 Å². The number of nitrogens with zero attached hydrogens (tertiary/aromatic N) is 2. The van der Waals surface area contributed by atoms with Crippen LogP contribution >= 0.6 is 0 Å². The van der Waals surface area contributed by atoms with Crippen molar-refractivity contribution < 1.29 is 40.7 Å². The van der Waals surface area contributed by atoms with Gasteiger partial charge in [-0.25, -0.2) is 23.0 Å². The van der Waals surface area contributed by atoms with Crippen LogP contribution in [0.2, 0.25) is 0 Å². The van der Waals surface area contributed by atoms with Gasteiger partial charge in [-0.3, -0.25) is 4.79 Å². The summed E-state index contributed by atoms with van der Waals surface area (Å²) in [6.45, 7) is 0.779. The monoisotopic (exact) mass is 589 g/mol. The molecule has 13 heteroatoms. The molecular weight excluding hydrogens is 551 g/mol. The summed E-state index contributed by atoms with van der Waals surface area (Å²) >= 11 is 0. The maximum absolute atomic E-state index is 14.1. The standard InChI is InChI=1S/C27H38F3N3O6S/c28-27(29,30)19-38-23-8-4-20(5-9-23)21-10-14-33(15-11-21)40(35,36)26(12-16-32(17-13-26)22-6-7-22)25(34)31-39-24-3-1-2-18-37-24/h4-5,8-9,21-22,24H,1-3,6-7,10-19H2,(H,31,34). The third-order valence-electron chi connectivity index (χ3n) is 8.55. The number of hydrogen-bond donors (Lipinski definition) is 1. The van der Waals surface area contributed by atoms with Gasteiger partial charge >= 0.3 is 6.18 Å². The van der Waals surface area contributed by atoms with Crippen LogP contribution in [0.15, 0.2) is 24.3 Å². The Morgan fingerprint density at radius 1 is 1.00 bits per heavy atom. The Kier molecular flexibility index (Phi) is 8.96. The maximum atomic E-state index is 14.1. The highest BCUT2D eigenvalue weighted by Gasteiger charge is 2.56. The van der Waals surface area contributed by atoms with E-state index in [-0.39, 0.29) is 37.6 Å². The predicted molar refractivity (Wildman–Crippen MR) is 140 cm³/mol. The molecule has 0 bridgehead atoms. The molecule has 0 aromatic heterocycles. The zero-order chi connectivity index (χ0) is 28.4. The third-order valence-corrected chi connectivity index (χ3v) is 11.2. The summed E-state index contributed by atoms with van der Waals surface area (Å²) in [5.74, 6) is -0.447. The summed E-state index contributed by atoms with van der Waals surface area (Å²) in [7, 11) is -4.01. The Morgan fingerprint density at radius 3 is 2.25 bits per heavy atom. The highest BCUT2D eigenvalue weighted by molar-refractivity contribution is 7.91. The van der Waals surface area contributed by atoms with Crippen LogP contribution in [0.4, 0.5) is 13.2 Å². The second-order valence-corrected chi connectivity index (χ2v) is 13.5. The maximum Gasteiger partial charge on any atom is 0.422 e. The van der Waals surface area contributed by atoms with Crippen molar-refractivity contribution in [2.75, 3.05) is 39.4 Å². The van der Waals surface area contributed by atoms with Gasteiger partial charge in [0.15, 0.2) is 17.6 Å². The number of alkyl halides is 3. The Labute approximate surface area is 233 Å². The zero-order valence-corrected chi connectivity index (χ0v) is 23.4. The van der Waals surface area contributed by atoms with Crippen LogP contribution in [0.5, 0.6) is 5.75 Å². The van der Waals surface area contributed by atoms with Gasteiger partial charge in [-0.05, 0) is 75.0 Å². The molecule has 0 radical (unpaired) electrons. The van der Waals surface area contributed by atoms with Crippen LogP contribution in [0.25, 0.3) is 0 Å². The summed E-state index contributed by atoms with van der Waals surface area (Å²) in [5.41, 5.74) is 3.38. The normalized spacial score (nSPS) is 25.4. The van der Waals surface area contributed by atoms with E-state index in [1.54, 1.807) is 12.1 Å². The molecule has 1 aromatic rings. The van der Waals surface area contributed by atoms with E-state index in [0.717, 1.165) is 31.2 Å². The third kappa shape index (κ3) is 6.75. The highest BCUT2D eigenvalue weighted by atomic mass is 32.2. The van der Waals surface area contributed by atoms with Gasteiger partial charge in [-0.15, -0.1) is 0 Å². The summed E-state index contributed by atoms with van der Waals surface area (Å²) in [5, 5.41) is 0. The number of ether oxygens (including phenoxy) is 2. The molecule has 1 saturated carbocycles. The van der Waals surface area contributed by atoms with E-state index < -0.39 is 39.8 Å². The topological polar surface area (TPSA) is 97.4 Å². The molecule has 224 valence electrons. The van der Waals surface area contributed by atoms with E-state index in [9.17, 15) is 26.4 Å². The van der Waals surface area contributed by atoms with Crippen molar-refractivity contribution in [2.45, 2.75) is 87.0 Å². The molecule has 4 fully saturated rings. The fourth-order valence-electron chi connectivity index (χ4n) is 5.99. The predicted octanol–water partition coefficient (Wildman–Crippen LogP) is 3.71. The molecular formula is C27H38F3N3O6S. The van der Waals surface area contributed by atoms with Crippen LogP contribution in [-0.4, -0.2) is 86.2 Å². The molecule has 40 heavy (non-hydrogen) atoms. The van der Waals surface area contributed by atoms with Gasteiger partial charge in [0.2, 0.25) is 10.0 Å². The van der Waals surface area contributed by atoms with Crippen LogP contribution in [0.3, 0.4) is 0 Å². The van der Waals surface area contributed by atoms with Gasteiger partial charge in [0.1, 0.15) is 5.75 Å². The second kappa shape index (κ2) is 12.1. The van der Waals surface area contributed by atoms with E-state index >= 15 is 0 Å². The quantitative estimate of drug-likeness (QED) is 0.439. The van der Waals surface area contributed by atoms with Crippen molar-refractivity contribution in [3.05, 3.63) is 29.8 Å². The first-order chi connectivity index (χ1) is 19.1. The Hall–Kier alpha value is -1.93.